The zero-order valence-corrected chi connectivity index (χ0v) is 16.1. The minimum Gasteiger partial charge on any atom is -0.496 e. The Morgan fingerprint density at radius 1 is 1.15 bits per heavy atom. The number of piperidine rings is 1. The lowest BCUT2D eigenvalue weighted by Gasteiger charge is -2.37. The van der Waals surface area contributed by atoms with Gasteiger partial charge in [0, 0.05) is 43.9 Å². The second-order valence-electron chi connectivity index (χ2n) is 7.18. The van der Waals surface area contributed by atoms with Crippen LogP contribution in [-0.2, 0) is 4.74 Å². The van der Waals surface area contributed by atoms with Crippen LogP contribution in [0.5, 0.6) is 11.5 Å². The summed E-state index contributed by atoms with van der Waals surface area (Å²) < 4.78 is 16.3. The van der Waals surface area contributed by atoms with Gasteiger partial charge in [0.15, 0.2) is 0 Å². The van der Waals surface area contributed by atoms with E-state index < -0.39 is 0 Å². The molecule has 1 unspecified atom stereocenters. The molecule has 0 radical (unpaired) electrons. The second-order valence-corrected chi connectivity index (χ2v) is 7.18. The van der Waals surface area contributed by atoms with E-state index in [0.717, 1.165) is 57.9 Å². The average Bonchev–Trinajstić information content (AvgIpc) is 2.68. The predicted octanol–water partition coefficient (Wildman–Crippen LogP) is 2.20. The summed E-state index contributed by atoms with van der Waals surface area (Å²) >= 11 is 0. The molecule has 2 heterocycles. The average molecular weight is 362 g/mol. The van der Waals surface area contributed by atoms with E-state index in [-0.39, 0.29) is 5.91 Å². The first kappa shape index (κ1) is 19.0. The number of hydrogen-bond acceptors (Lipinski definition) is 5. The summed E-state index contributed by atoms with van der Waals surface area (Å²) in [4.78, 5) is 17.5. The maximum absolute atomic E-state index is 13.1. The van der Waals surface area contributed by atoms with Crippen LogP contribution in [0.15, 0.2) is 12.1 Å². The highest BCUT2D eigenvalue weighted by Crippen LogP contribution is 2.30. The van der Waals surface area contributed by atoms with Crippen molar-refractivity contribution in [2.45, 2.75) is 19.8 Å². The normalized spacial score (nSPS) is 21.5. The van der Waals surface area contributed by atoms with E-state index in [1.54, 1.807) is 14.2 Å². The molecule has 0 aliphatic carbocycles. The van der Waals surface area contributed by atoms with E-state index in [0.29, 0.717) is 23.0 Å². The van der Waals surface area contributed by atoms with Crippen molar-refractivity contribution < 1.29 is 19.0 Å². The van der Waals surface area contributed by atoms with Gasteiger partial charge < -0.3 is 19.1 Å². The molecule has 0 bridgehead atoms. The van der Waals surface area contributed by atoms with Crippen molar-refractivity contribution in [2.24, 2.45) is 5.92 Å². The Balaban J connectivity index is 1.68. The fraction of sp³-hybridized carbons (Fsp3) is 0.650. The Kier molecular flexibility index (Phi) is 6.38. The molecule has 6 nitrogen and oxygen atoms in total. The number of benzene rings is 1. The molecule has 3 rings (SSSR count). The van der Waals surface area contributed by atoms with Gasteiger partial charge in [-0.1, -0.05) is 0 Å². The quantitative estimate of drug-likeness (QED) is 0.804. The van der Waals surface area contributed by atoms with Crippen LogP contribution < -0.4 is 9.47 Å². The van der Waals surface area contributed by atoms with Crippen LogP contribution in [0.1, 0.15) is 28.8 Å². The van der Waals surface area contributed by atoms with Crippen LogP contribution >= 0.6 is 0 Å². The molecule has 6 heteroatoms. The molecular weight excluding hydrogens is 332 g/mol. The molecule has 2 aliphatic heterocycles. The lowest BCUT2D eigenvalue weighted by Crippen LogP contribution is -2.46. The number of hydrogen-bond donors (Lipinski definition) is 0. The summed E-state index contributed by atoms with van der Waals surface area (Å²) in [5, 5.41) is 0. The SMILES string of the molecule is COc1cc(C(=O)N2CCCC(CN3CCOCC3)C2)cc(OC)c1C. The number of methoxy groups -OCH3 is 2. The molecule has 0 N–H and O–H groups in total. The second kappa shape index (κ2) is 8.73. The number of likely N-dealkylation sites (tertiary alicyclic amines) is 1. The highest BCUT2D eigenvalue weighted by atomic mass is 16.5. The molecule has 1 atom stereocenters. The zero-order chi connectivity index (χ0) is 18.5. The minimum absolute atomic E-state index is 0.0632. The first-order chi connectivity index (χ1) is 12.6. The zero-order valence-electron chi connectivity index (χ0n) is 16.1. The molecule has 0 saturated carbocycles. The van der Waals surface area contributed by atoms with E-state index in [1.165, 1.54) is 6.42 Å². The maximum Gasteiger partial charge on any atom is 0.254 e. The van der Waals surface area contributed by atoms with Gasteiger partial charge >= 0.3 is 0 Å². The van der Waals surface area contributed by atoms with Crippen LogP contribution in [0, 0.1) is 12.8 Å². The highest BCUT2D eigenvalue weighted by Gasteiger charge is 2.27. The molecular formula is C20H30N2O4. The minimum atomic E-state index is 0.0632. The van der Waals surface area contributed by atoms with Gasteiger partial charge in [-0.05, 0) is 37.8 Å². The molecule has 2 aliphatic rings. The molecule has 0 spiro atoms. The Labute approximate surface area is 156 Å². The predicted molar refractivity (Wildman–Crippen MR) is 100 cm³/mol. The summed E-state index contributed by atoms with van der Waals surface area (Å²) in [6.07, 6.45) is 2.24. The number of rotatable bonds is 5. The van der Waals surface area contributed by atoms with Crippen molar-refractivity contribution in [1.82, 2.24) is 9.80 Å². The topological polar surface area (TPSA) is 51.2 Å². The Morgan fingerprint density at radius 3 is 2.42 bits per heavy atom. The third-order valence-electron chi connectivity index (χ3n) is 5.43. The van der Waals surface area contributed by atoms with Crippen LogP contribution in [0.2, 0.25) is 0 Å². The summed E-state index contributed by atoms with van der Waals surface area (Å²) in [6.45, 7) is 8.24. The van der Waals surface area contributed by atoms with Crippen molar-refractivity contribution in [3.63, 3.8) is 0 Å². The van der Waals surface area contributed by atoms with Gasteiger partial charge in [-0.15, -0.1) is 0 Å². The van der Waals surface area contributed by atoms with Gasteiger partial charge in [0.25, 0.3) is 5.91 Å². The fourth-order valence-electron chi connectivity index (χ4n) is 3.94. The molecule has 2 saturated heterocycles. The van der Waals surface area contributed by atoms with Gasteiger partial charge in [0.2, 0.25) is 0 Å². The largest absolute Gasteiger partial charge is 0.496 e. The lowest BCUT2D eigenvalue weighted by molar-refractivity contribution is 0.0224. The van der Waals surface area contributed by atoms with Crippen molar-refractivity contribution in [1.29, 1.82) is 0 Å². The summed E-state index contributed by atoms with van der Waals surface area (Å²) in [6, 6.07) is 3.65. The van der Waals surface area contributed by atoms with E-state index in [4.69, 9.17) is 14.2 Å². The Bertz CT molecular complexity index is 603. The number of nitrogens with zero attached hydrogens (tertiary/aromatic N) is 2. The maximum atomic E-state index is 13.1. The van der Waals surface area contributed by atoms with E-state index in [1.807, 2.05) is 24.0 Å². The highest BCUT2D eigenvalue weighted by molar-refractivity contribution is 5.95. The standard InChI is InChI=1S/C20H30N2O4/c1-15-18(24-2)11-17(12-19(15)25-3)20(23)22-6-4-5-16(14-22)13-21-7-9-26-10-8-21/h11-12,16H,4-10,13-14H2,1-3H3. The first-order valence-corrected chi connectivity index (χ1v) is 9.44. The smallest absolute Gasteiger partial charge is 0.254 e. The molecule has 0 aromatic heterocycles. The van der Waals surface area contributed by atoms with Gasteiger partial charge in [0.1, 0.15) is 11.5 Å². The van der Waals surface area contributed by atoms with Crippen molar-refractivity contribution in [3.05, 3.63) is 23.3 Å². The Hall–Kier alpha value is -1.79. The van der Waals surface area contributed by atoms with Crippen LogP contribution in [0.3, 0.4) is 0 Å². The number of carbonyl (C=O) groups excluding carboxylic acids is 1. The number of ether oxygens (including phenoxy) is 3. The first-order valence-electron chi connectivity index (χ1n) is 9.44. The van der Waals surface area contributed by atoms with Gasteiger partial charge in [-0.2, -0.15) is 0 Å². The molecule has 2 fully saturated rings. The Morgan fingerprint density at radius 2 is 1.81 bits per heavy atom. The van der Waals surface area contributed by atoms with Gasteiger partial charge in [-0.25, -0.2) is 0 Å². The van der Waals surface area contributed by atoms with Crippen molar-refractivity contribution >= 4 is 5.91 Å². The summed E-state index contributed by atoms with van der Waals surface area (Å²) in [7, 11) is 3.24. The van der Waals surface area contributed by atoms with Gasteiger partial charge in [-0.3, -0.25) is 9.69 Å². The molecule has 1 amide bonds. The van der Waals surface area contributed by atoms with Crippen molar-refractivity contribution in [3.8, 4) is 11.5 Å². The monoisotopic (exact) mass is 362 g/mol. The third kappa shape index (κ3) is 4.30. The molecule has 26 heavy (non-hydrogen) atoms. The van der Waals surface area contributed by atoms with E-state index in [9.17, 15) is 4.79 Å². The number of morpholine rings is 1. The van der Waals surface area contributed by atoms with Crippen LogP contribution in [-0.4, -0.2) is 75.9 Å². The summed E-state index contributed by atoms with van der Waals surface area (Å²) in [5.41, 5.74) is 1.55. The fourth-order valence-corrected chi connectivity index (χ4v) is 3.94. The van der Waals surface area contributed by atoms with Crippen LogP contribution in [0.25, 0.3) is 0 Å². The van der Waals surface area contributed by atoms with Gasteiger partial charge in [0.05, 0.1) is 27.4 Å². The van der Waals surface area contributed by atoms with E-state index >= 15 is 0 Å². The molecule has 1 aromatic rings. The van der Waals surface area contributed by atoms with E-state index in [2.05, 4.69) is 4.90 Å². The van der Waals surface area contributed by atoms with Crippen LogP contribution in [0.4, 0.5) is 0 Å². The molecule has 144 valence electrons. The number of amides is 1. The molecule has 1 aromatic carbocycles. The lowest BCUT2D eigenvalue weighted by atomic mass is 9.96. The van der Waals surface area contributed by atoms with Crippen molar-refractivity contribution in [2.75, 3.05) is 60.2 Å². The third-order valence-corrected chi connectivity index (χ3v) is 5.43. The number of carbonyl (C=O) groups is 1. The summed E-state index contributed by atoms with van der Waals surface area (Å²) in [5.74, 6) is 1.97.